The molecule has 1 aromatic carbocycles. The molecule has 2 rings (SSSR count). The summed E-state index contributed by atoms with van der Waals surface area (Å²) < 4.78 is 0. The minimum atomic E-state index is 0.419. The number of hydrogen-bond acceptors (Lipinski definition) is 1. The molecule has 1 heteroatoms. The number of phenols is 1. The van der Waals surface area contributed by atoms with Crippen molar-refractivity contribution in [2.45, 2.75) is 45.4 Å². The molecule has 0 atom stereocenters. The molecule has 0 aliphatic heterocycles. The third-order valence-corrected chi connectivity index (χ3v) is 3.11. The molecule has 0 saturated heterocycles. The molecular formula is C13H18O. The van der Waals surface area contributed by atoms with Crippen LogP contribution in [0.15, 0.2) is 12.1 Å². The third kappa shape index (κ3) is 1.63. The van der Waals surface area contributed by atoms with Crippen molar-refractivity contribution < 1.29 is 5.11 Å². The molecule has 0 heterocycles. The van der Waals surface area contributed by atoms with Crippen molar-refractivity contribution in [3.05, 3.63) is 28.8 Å². The predicted octanol–water partition coefficient (Wildman–Crippen LogP) is 3.39. The lowest BCUT2D eigenvalue weighted by atomic mass is 9.88. The fourth-order valence-corrected chi connectivity index (χ4v) is 2.25. The summed E-state index contributed by atoms with van der Waals surface area (Å²) >= 11 is 0. The quantitative estimate of drug-likeness (QED) is 0.719. The molecule has 0 aromatic heterocycles. The molecule has 0 radical (unpaired) electrons. The molecule has 14 heavy (non-hydrogen) atoms. The lowest BCUT2D eigenvalue weighted by Crippen LogP contribution is -2.04. The van der Waals surface area contributed by atoms with Gasteiger partial charge in [-0.25, -0.2) is 0 Å². The number of aromatic hydroxyl groups is 1. The van der Waals surface area contributed by atoms with Crippen LogP contribution in [0.2, 0.25) is 0 Å². The third-order valence-electron chi connectivity index (χ3n) is 3.11. The smallest absolute Gasteiger partial charge is 0.119 e. The Morgan fingerprint density at radius 1 is 1.07 bits per heavy atom. The number of phenolic OH excluding ortho intramolecular Hbond substituents is 1. The summed E-state index contributed by atoms with van der Waals surface area (Å²) in [5, 5.41) is 9.84. The monoisotopic (exact) mass is 190 g/mol. The van der Waals surface area contributed by atoms with Crippen LogP contribution in [0, 0.1) is 0 Å². The minimum absolute atomic E-state index is 0.419. The molecule has 0 unspecified atom stereocenters. The predicted molar refractivity (Wildman–Crippen MR) is 58.8 cm³/mol. The van der Waals surface area contributed by atoms with E-state index in [9.17, 15) is 5.11 Å². The van der Waals surface area contributed by atoms with Gasteiger partial charge in [-0.3, -0.25) is 0 Å². The molecule has 0 fully saturated rings. The normalized spacial score (nSPS) is 15.6. The van der Waals surface area contributed by atoms with Gasteiger partial charge in [0, 0.05) is 0 Å². The van der Waals surface area contributed by atoms with Crippen LogP contribution in [0.5, 0.6) is 5.75 Å². The minimum Gasteiger partial charge on any atom is -0.508 e. The highest BCUT2D eigenvalue weighted by atomic mass is 16.3. The summed E-state index contributed by atoms with van der Waals surface area (Å²) in [7, 11) is 0. The van der Waals surface area contributed by atoms with E-state index in [1.165, 1.54) is 30.4 Å². The van der Waals surface area contributed by atoms with Crippen molar-refractivity contribution in [3.8, 4) is 5.75 Å². The highest BCUT2D eigenvalue weighted by Gasteiger charge is 2.14. The zero-order valence-electron chi connectivity index (χ0n) is 9.01. The van der Waals surface area contributed by atoms with Crippen LogP contribution in [0.1, 0.15) is 49.3 Å². The lowest BCUT2D eigenvalue weighted by molar-refractivity contribution is 0.462. The zero-order chi connectivity index (χ0) is 10.1. The fraction of sp³-hybridized carbons (Fsp3) is 0.538. The lowest BCUT2D eigenvalue weighted by Gasteiger charge is -2.19. The summed E-state index contributed by atoms with van der Waals surface area (Å²) in [5.41, 5.74) is 3.92. The summed E-state index contributed by atoms with van der Waals surface area (Å²) in [6.45, 7) is 4.26. The van der Waals surface area contributed by atoms with E-state index in [1.807, 2.05) is 6.07 Å². The van der Waals surface area contributed by atoms with Crippen molar-refractivity contribution in [1.82, 2.24) is 0 Å². The van der Waals surface area contributed by atoms with Crippen molar-refractivity contribution in [1.29, 1.82) is 0 Å². The fourth-order valence-electron chi connectivity index (χ4n) is 2.25. The molecule has 0 bridgehead atoms. The summed E-state index contributed by atoms with van der Waals surface area (Å²) in [6.07, 6.45) is 4.90. The van der Waals surface area contributed by atoms with Crippen molar-refractivity contribution >= 4 is 0 Å². The van der Waals surface area contributed by atoms with E-state index < -0.39 is 0 Å². The van der Waals surface area contributed by atoms with E-state index in [1.54, 1.807) is 0 Å². The Bertz CT molecular complexity index is 339. The van der Waals surface area contributed by atoms with Crippen molar-refractivity contribution in [3.63, 3.8) is 0 Å². The maximum absolute atomic E-state index is 9.84. The van der Waals surface area contributed by atoms with Gasteiger partial charge in [-0.1, -0.05) is 19.9 Å². The Morgan fingerprint density at radius 2 is 1.64 bits per heavy atom. The van der Waals surface area contributed by atoms with Crippen molar-refractivity contribution in [2.75, 3.05) is 0 Å². The van der Waals surface area contributed by atoms with Gasteiger partial charge in [0.05, 0.1) is 0 Å². The van der Waals surface area contributed by atoms with E-state index in [0.717, 1.165) is 12.0 Å². The average molecular weight is 190 g/mol. The van der Waals surface area contributed by atoms with Gasteiger partial charge in [-0.2, -0.15) is 0 Å². The molecule has 1 nitrogen and oxygen atoms in total. The number of benzene rings is 1. The topological polar surface area (TPSA) is 20.2 Å². The van der Waals surface area contributed by atoms with Gasteiger partial charge in [-0.15, -0.1) is 0 Å². The summed E-state index contributed by atoms with van der Waals surface area (Å²) in [6, 6.07) is 4.18. The van der Waals surface area contributed by atoms with Gasteiger partial charge in [0.1, 0.15) is 5.75 Å². The number of fused-ring (bicyclic) bond motifs is 1. The number of hydrogen-bond donors (Lipinski definition) is 1. The number of rotatable bonds is 1. The largest absolute Gasteiger partial charge is 0.508 e. The first-order chi connectivity index (χ1) is 6.68. The Morgan fingerprint density at radius 3 is 2.21 bits per heavy atom. The summed E-state index contributed by atoms with van der Waals surface area (Å²) in [4.78, 5) is 0. The maximum Gasteiger partial charge on any atom is 0.119 e. The molecule has 1 aromatic rings. The second-order valence-corrected chi connectivity index (χ2v) is 4.54. The van der Waals surface area contributed by atoms with E-state index in [4.69, 9.17) is 0 Å². The van der Waals surface area contributed by atoms with Crippen LogP contribution >= 0.6 is 0 Å². The Kier molecular flexibility index (Phi) is 2.49. The Labute approximate surface area is 85.8 Å². The highest BCUT2D eigenvalue weighted by molar-refractivity contribution is 5.44. The first-order valence-electron chi connectivity index (χ1n) is 5.53. The summed E-state index contributed by atoms with van der Waals surface area (Å²) in [5.74, 6) is 0.905. The zero-order valence-corrected chi connectivity index (χ0v) is 9.01. The van der Waals surface area contributed by atoms with Gasteiger partial charge in [0.25, 0.3) is 0 Å². The van der Waals surface area contributed by atoms with Crippen LogP contribution in [0.3, 0.4) is 0 Å². The Hall–Kier alpha value is -0.980. The van der Waals surface area contributed by atoms with Gasteiger partial charge in [0.2, 0.25) is 0 Å². The first kappa shape index (κ1) is 9.57. The Balaban J connectivity index is 2.45. The molecule has 1 aliphatic carbocycles. The molecule has 1 aliphatic rings. The molecule has 1 N–H and O–H groups in total. The highest BCUT2D eigenvalue weighted by Crippen LogP contribution is 2.32. The van der Waals surface area contributed by atoms with Gasteiger partial charge < -0.3 is 5.11 Å². The molecule has 0 spiro atoms. The van der Waals surface area contributed by atoms with E-state index in [-0.39, 0.29) is 0 Å². The van der Waals surface area contributed by atoms with Crippen LogP contribution in [-0.2, 0) is 12.8 Å². The van der Waals surface area contributed by atoms with Gasteiger partial charge >= 0.3 is 0 Å². The van der Waals surface area contributed by atoms with Gasteiger partial charge in [-0.05, 0) is 54.4 Å². The van der Waals surface area contributed by atoms with Crippen LogP contribution in [-0.4, -0.2) is 5.11 Å². The second kappa shape index (κ2) is 3.64. The SMILES string of the molecule is CC(C)c1cc2c(cc1O)CCCC2. The second-order valence-electron chi connectivity index (χ2n) is 4.54. The van der Waals surface area contributed by atoms with Crippen LogP contribution in [0.4, 0.5) is 0 Å². The average Bonchev–Trinajstić information content (AvgIpc) is 2.16. The standard InChI is InChI=1S/C13H18O/c1-9(2)12-7-10-5-3-4-6-11(10)8-13(12)14/h7-9,14H,3-6H2,1-2H3. The van der Waals surface area contributed by atoms with E-state index in [2.05, 4.69) is 19.9 Å². The van der Waals surface area contributed by atoms with Crippen molar-refractivity contribution in [2.24, 2.45) is 0 Å². The maximum atomic E-state index is 9.84. The van der Waals surface area contributed by atoms with Crippen LogP contribution in [0.25, 0.3) is 0 Å². The molecule has 0 amide bonds. The molecular weight excluding hydrogens is 172 g/mol. The van der Waals surface area contributed by atoms with Crippen LogP contribution < -0.4 is 0 Å². The molecule has 76 valence electrons. The van der Waals surface area contributed by atoms with Gasteiger partial charge in [0.15, 0.2) is 0 Å². The van der Waals surface area contributed by atoms with E-state index >= 15 is 0 Å². The molecule has 0 saturated carbocycles. The number of aryl methyl sites for hydroxylation is 2. The van der Waals surface area contributed by atoms with E-state index in [0.29, 0.717) is 11.7 Å². The first-order valence-corrected chi connectivity index (χ1v) is 5.53.